The van der Waals surface area contributed by atoms with Crippen LogP contribution in [0.4, 0.5) is 0 Å². The molecule has 1 aliphatic rings. The molecule has 5 rings (SSSR count). The van der Waals surface area contributed by atoms with Crippen LogP contribution < -0.4 is 0 Å². The molecule has 2 aromatic heterocycles. The van der Waals surface area contributed by atoms with Gasteiger partial charge in [0.1, 0.15) is 5.76 Å². The minimum Gasteiger partial charge on any atom is -0.436 e. The minimum absolute atomic E-state index is 0.0193. The molecule has 0 bridgehead atoms. The number of aryl methyl sites for hydroxylation is 1. The molecule has 6 heteroatoms. The average Bonchev–Trinajstić information content (AvgIpc) is 3.32. The zero-order valence-electron chi connectivity index (χ0n) is 14.7. The lowest BCUT2D eigenvalue weighted by atomic mass is 10.0. The van der Waals surface area contributed by atoms with Crippen LogP contribution in [-0.4, -0.2) is 16.6 Å². The van der Waals surface area contributed by atoms with Gasteiger partial charge in [0.2, 0.25) is 5.89 Å². The highest BCUT2D eigenvalue weighted by molar-refractivity contribution is 6.46. The zero-order chi connectivity index (χ0) is 19.4. The molecular formula is C22H12ClNO4. The van der Waals surface area contributed by atoms with Crippen LogP contribution in [0.2, 0.25) is 5.02 Å². The molecule has 0 N–H and O–H groups in total. The van der Waals surface area contributed by atoms with E-state index in [1.165, 1.54) is 6.08 Å². The summed E-state index contributed by atoms with van der Waals surface area (Å²) in [5.41, 5.74) is 2.90. The number of hydrogen-bond acceptors (Lipinski definition) is 5. The summed E-state index contributed by atoms with van der Waals surface area (Å²) in [4.78, 5) is 29.8. The average molecular weight is 390 g/mol. The highest BCUT2D eigenvalue weighted by atomic mass is 35.5. The summed E-state index contributed by atoms with van der Waals surface area (Å²) in [7, 11) is 0. The second kappa shape index (κ2) is 6.04. The molecule has 136 valence electrons. The van der Waals surface area contributed by atoms with Gasteiger partial charge < -0.3 is 8.83 Å². The number of fused-ring (bicyclic) bond motifs is 2. The van der Waals surface area contributed by atoms with Gasteiger partial charge in [0.15, 0.2) is 17.1 Å². The van der Waals surface area contributed by atoms with Crippen molar-refractivity contribution in [2.75, 3.05) is 0 Å². The van der Waals surface area contributed by atoms with Gasteiger partial charge in [-0.1, -0.05) is 35.9 Å². The second-order valence-electron chi connectivity index (χ2n) is 6.53. The molecular weight excluding hydrogens is 378 g/mol. The first-order valence-electron chi connectivity index (χ1n) is 8.59. The molecule has 1 aliphatic carbocycles. The van der Waals surface area contributed by atoms with E-state index in [-0.39, 0.29) is 21.9 Å². The number of oxazole rings is 1. The number of Topliss-reactive ketones (excluding diaryl/α,β-unsaturated/α-hetero) is 2. The van der Waals surface area contributed by atoms with Gasteiger partial charge in [0.05, 0.1) is 16.2 Å². The summed E-state index contributed by atoms with van der Waals surface area (Å²) in [5, 5.41) is 0.268. The molecule has 2 aromatic carbocycles. The van der Waals surface area contributed by atoms with Crippen molar-refractivity contribution < 1.29 is 18.4 Å². The molecule has 0 atom stereocenters. The molecule has 2 heterocycles. The van der Waals surface area contributed by atoms with Crippen molar-refractivity contribution in [3.63, 3.8) is 0 Å². The lowest BCUT2D eigenvalue weighted by molar-refractivity contribution is 0.0990. The van der Waals surface area contributed by atoms with Gasteiger partial charge >= 0.3 is 0 Å². The normalized spacial score (nSPS) is 15.0. The maximum Gasteiger partial charge on any atom is 0.266 e. The van der Waals surface area contributed by atoms with E-state index in [2.05, 4.69) is 4.98 Å². The number of ketones is 2. The fraction of sp³-hybridized carbons (Fsp3) is 0.0455. The number of aromatic nitrogens is 1. The molecule has 0 saturated heterocycles. The minimum atomic E-state index is -0.403. The van der Waals surface area contributed by atoms with Crippen molar-refractivity contribution in [3.8, 4) is 11.5 Å². The van der Waals surface area contributed by atoms with Crippen molar-refractivity contribution in [1.82, 2.24) is 4.98 Å². The summed E-state index contributed by atoms with van der Waals surface area (Å²) in [6.07, 6.45) is 1.42. The first-order valence-corrected chi connectivity index (χ1v) is 8.96. The highest BCUT2D eigenvalue weighted by Crippen LogP contribution is 2.35. The SMILES string of the molecule is Cc1ccc(Cl)c2c1C(=O)/C(=C/c1cc3oc(-c4ccccc4)nc3o1)C2=O. The smallest absolute Gasteiger partial charge is 0.266 e. The van der Waals surface area contributed by atoms with E-state index in [1.807, 2.05) is 30.3 Å². The summed E-state index contributed by atoms with van der Waals surface area (Å²) < 4.78 is 11.4. The Morgan fingerprint density at radius 1 is 0.964 bits per heavy atom. The van der Waals surface area contributed by atoms with Crippen LogP contribution in [0.5, 0.6) is 0 Å². The number of halogens is 1. The predicted octanol–water partition coefficient (Wildman–Crippen LogP) is 5.51. The molecule has 0 spiro atoms. The van der Waals surface area contributed by atoms with Crippen LogP contribution in [0.25, 0.3) is 28.8 Å². The second-order valence-corrected chi connectivity index (χ2v) is 6.94. The monoisotopic (exact) mass is 389 g/mol. The topological polar surface area (TPSA) is 73.3 Å². The number of furan rings is 1. The van der Waals surface area contributed by atoms with Gasteiger partial charge in [-0.05, 0) is 36.8 Å². The number of rotatable bonds is 2. The van der Waals surface area contributed by atoms with E-state index < -0.39 is 5.78 Å². The third kappa shape index (κ3) is 2.44. The summed E-state index contributed by atoms with van der Waals surface area (Å²) in [5.74, 6) is 0.00105. The fourth-order valence-electron chi connectivity index (χ4n) is 3.37. The van der Waals surface area contributed by atoms with Crippen molar-refractivity contribution in [2.45, 2.75) is 6.92 Å². The van der Waals surface area contributed by atoms with Crippen LogP contribution in [-0.2, 0) is 0 Å². The lowest BCUT2D eigenvalue weighted by Gasteiger charge is -2.01. The molecule has 28 heavy (non-hydrogen) atoms. The highest BCUT2D eigenvalue weighted by Gasteiger charge is 2.36. The van der Waals surface area contributed by atoms with E-state index in [1.54, 1.807) is 25.1 Å². The largest absolute Gasteiger partial charge is 0.436 e. The summed E-state index contributed by atoms with van der Waals surface area (Å²) >= 11 is 6.14. The number of carbonyl (C=O) groups excluding carboxylic acids is 2. The third-order valence-corrected chi connectivity index (χ3v) is 5.04. The quantitative estimate of drug-likeness (QED) is 0.333. The van der Waals surface area contributed by atoms with E-state index >= 15 is 0 Å². The standard InChI is InChI=1S/C22H12ClNO4/c1-11-7-8-15(23)18-17(11)19(25)14(20(18)26)9-13-10-16-22(27-13)24-21(28-16)12-5-3-2-4-6-12/h2-10H,1H3/b14-9-. The molecule has 0 amide bonds. The number of nitrogens with zero attached hydrogens (tertiary/aromatic N) is 1. The number of hydrogen-bond donors (Lipinski definition) is 0. The van der Waals surface area contributed by atoms with Crippen LogP contribution >= 0.6 is 11.6 Å². The first-order chi connectivity index (χ1) is 13.5. The Morgan fingerprint density at radius 2 is 1.71 bits per heavy atom. The van der Waals surface area contributed by atoms with E-state index in [0.29, 0.717) is 34.1 Å². The summed E-state index contributed by atoms with van der Waals surface area (Å²) in [6.45, 7) is 1.78. The Balaban J connectivity index is 1.55. The fourth-order valence-corrected chi connectivity index (χ4v) is 3.61. The predicted molar refractivity (Wildman–Crippen MR) is 105 cm³/mol. The number of benzene rings is 2. The van der Waals surface area contributed by atoms with Crippen molar-refractivity contribution in [2.24, 2.45) is 0 Å². The zero-order valence-corrected chi connectivity index (χ0v) is 15.4. The van der Waals surface area contributed by atoms with Crippen molar-refractivity contribution >= 4 is 40.5 Å². The van der Waals surface area contributed by atoms with Gasteiger partial charge in [-0.25, -0.2) is 0 Å². The van der Waals surface area contributed by atoms with Crippen molar-refractivity contribution in [3.05, 3.63) is 81.6 Å². The molecule has 0 aliphatic heterocycles. The van der Waals surface area contributed by atoms with Crippen LogP contribution in [0.15, 0.2) is 62.9 Å². The molecule has 0 radical (unpaired) electrons. The van der Waals surface area contributed by atoms with Gasteiger partial charge in [0, 0.05) is 17.2 Å². The van der Waals surface area contributed by atoms with E-state index in [0.717, 1.165) is 5.56 Å². The number of carbonyl (C=O) groups is 2. The third-order valence-electron chi connectivity index (χ3n) is 4.72. The maximum atomic E-state index is 12.7. The van der Waals surface area contributed by atoms with Crippen LogP contribution in [0.1, 0.15) is 32.0 Å². The Bertz CT molecular complexity index is 1240. The van der Waals surface area contributed by atoms with E-state index in [4.69, 9.17) is 20.4 Å². The van der Waals surface area contributed by atoms with Crippen LogP contribution in [0, 0.1) is 6.92 Å². The molecule has 0 saturated carbocycles. The molecule has 4 aromatic rings. The maximum absolute atomic E-state index is 12.7. The first kappa shape index (κ1) is 16.7. The van der Waals surface area contributed by atoms with Crippen LogP contribution in [0.3, 0.4) is 0 Å². The molecule has 0 fully saturated rings. The molecule has 5 nitrogen and oxygen atoms in total. The Labute approximate surface area is 164 Å². The van der Waals surface area contributed by atoms with Gasteiger partial charge in [-0.3, -0.25) is 9.59 Å². The van der Waals surface area contributed by atoms with E-state index in [9.17, 15) is 9.59 Å². The molecule has 0 unspecified atom stereocenters. The van der Waals surface area contributed by atoms with Gasteiger partial charge in [-0.2, -0.15) is 4.98 Å². The van der Waals surface area contributed by atoms with Gasteiger partial charge in [-0.15, -0.1) is 0 Å². The van der Waals surface area contributed by atoms with Crippen molar-refractivity contribution in [1.29, 1.82) is 0 Å². The van der Waals surface area contributed by atoms with Gasteiger partial charge in [0.25, 0.3) is 5.71 Å². The Kier molecular flexibility index (Phi) is 3.60. The lowest BCUT2D eigenvalue weighted by Crippen LogP contribution is -2.00. The summed E-state index contributed by atoms with van der Waals surface area (Å²) in [6, 6.07) is 14.4. The Hall–Kier alpha value is -3.44. The number of allylic oxidation sites excluding steroid dienone is 1. The Morgan fingerprint density at radius 3 is 2.43 bits per heavy atom.